The Morgan fingerprint density at radius 2 is 2.44 bits per heavy atom. The molecule has 4 heteroatoms. The second-order valence-corrected chi connectivity index (χ2v) is 4.80. The number of aromatic nitrogens is 2. The van der Waals surface area contributed by atoms with E-state index in [0.29, 0.717) is 6.04 Å². The van der Waals surface area contributed by atoms with Gasteiger partial charge in [0, 0.05) is 18.8 Å². The van der Waals surface area contributed by atoms with Crippen molar-refractivity contribution in [2.24, 2.45) is 0 Å². The molecule has 0 aromatic carbocycles. The first-order valence-corrected chi connectivity index (χ1v) is 6.42. The van der Waals surface area contributed by atoms with Gasteiger partial charge in [-0.25, -0.2) is 0 Å². The minimum atomic E-state index is 0.340. The van der Waals surface area contributed by atoms with Crippen molar-refractivity contribution in [3.05, 3.63) is 47.1 Å². The van der Waals surface area contributed by atoms with Gasteiger partial charge in [-0.3, -0.25) is 4.98 Å². The maximum Gasteiger partial charge on any atom is 0.133 e. The normalized spacial score (nSPS) is 18.6. The molecule has 2 aromatic heterocycles. The fraction of sp³-hybridized carbons (Fsp3) is 0.429. The molecule has 1 aliphatic rings. The van der Waals surface area contributed by atoms with Crippen LogP contribution in [0.25, 0.3) is 0 Å². The number of aryl methyl sites for hydroxylation is 2. The van der Waals surface area contributed by atoms with E-state index in [9.17, 15) is 0 Å². The lowest BCUT2D eigenvalue weighted by molar-refractivity contribution is 0.381. The predicted octanol–water partition coefficient (Wildman–Crippen LogP) is 2.55. The van der Waals surface area contributed by atoms with Gasteiger partial charge in [-0.15, -0.1) is 0 Å². The summed E-state index contributed by atoms with van der Waals surface area (Å²) in [6.45, 7) is 2.64. The van der Waals surface area contributed by atoms with Gasteiger partial charge in [-0.05, 0) is 37.8 Å². The lowest BCUT2D eigenvalue weighted by atomic mass is 9.92. The Morgan fingerprint density at radius 1 is 1.50 bits per heavy atom. The third-order valence-corrected chi connectivity index (χ3v) is 3.40. The van der Waals surface area contributed by atoms with Crippen LogP contribution < -0.4 is 5.32 Å². The molecular formula is C14H17N3O. The third-order valence-electron chi connectivity index (χ3n) is 3.40. The third kappa shape index (κ3) is 2.29. The Kier molecular flexibility index (Phi) is 3.11. The summed E-state index contributed by atoms with van der Waals surface area (Å²) in [6.07, 6.45) is 5.37. The molecule has 2 heterocycles. The van der Waals surface area contributed by atoms with Gasteiger partial charge in [-0.2, -0.15) is 0 Å². The number of hydrogen-bond donors (Lipinski definition) is 1. The van der Waals surface area contributed by atoms with Gasteiger partial charge < -0.3 is 9.84 Å². The molecule has 0 bridgehead atoms. The maximum atomic E-state index is 5.07. The molecule has 1 unspecified atom stereocenters. The molecule has 0 amide bonds. The van der Waals surface area contributed by atoms with Crippen LogP contribution in [0.5, 0.6) is 0 Å². The standard InChI is InChI=1S/C14H17N3O/c1-10-8-12(17-18-10)9-16-13-6-2-4-11-5-3-7-15-14(11)13/h3,5,7-8,13,16H,2,4,6,9H2,1H3. The lowest BCUT2D eigenvalue weighted by Gasteiger charge is -2.24. The number of pyridine rings is 1. The lowest BCUT2D eigenvalue weighted by Crippen LogP contribution is -2.26. The SMILES string of the molecule is Cc1cc(CNC2CCCc3cccnc32)no1. The highest BCUT2D eigenvalue weighted by Gasteiger charge is 2.20. The average molecular weight is 243 g/mol. The van der Waals surface area contributed by atoms with Crippen molar-refractivity contribution in [3.8, 4) is 0 Å². The van der Waals surface area contributed by atoms with E-state index in [2.05, 4.69) is 21.5 Å². The zero-order valence-corrected chi connectivity index (χ0v) is 10.5. The molecule has 0 fully saturated rings. The molecule has 1 atom stereocenters. The average Bonchev–Trinajstić information content (AvgIpc) is 2.82. The van der Waals surface area contributed by atoms with Crippen LogP contribution in [-0.4, -0.2) is 10.1 Å². The van der Waals surface area contributed by atoms with Gasteiger partial charge in [0.25, 0.3) is 0 Å². The molecule has 18 heavy (non-hydrogen) atoms. The van der Waals surface area contributed by atoms with E-state index in [-0.39, 0.29) is 0 Å². The second kappa shape index (κ2) is 4.90. The van der Waals surface area contributed by atoms with Gasteiger partial charge in [-0.1, -0.05) is 11.2 Å². The van der Waals surface area contributed by atoms with Crippen molar-refractivity contribution >= 4 is 0 Å². The van der Waals surface area contributed by atoms with Gasteiger partial charge in [0.05, 0.1) is 17.4 Å². The van der Waals surface area contributed by atoms with Gasteiger partial charge >= 0.3 is 0 Å². The molecule has 3 rings (SSSR count). The Balaban J connectivity index is 1.71. The first kappa shape index (κ1) is 11.4. The first-order chi connectivity index (χ1) is 8.83. The molecule has 0 saturated carbocycles. The van der Waals surface area contributed by atoms with Crippen LogP contribution in [0.15, 0.2) is 28.9 Å². The number of hydrogen-bond acceptors (Lipinski definition) is 4. The quantitative estimate of drug-likeness (QED) is 0.900. The Morgan fingerprint density at radius 3 is 3.28 bits per heavy atom. The van der Waals surface area contributed by atoms with Crippen molar-refractivity contribution < 1.29 is 4.52 Å². The summed E-state index contributed by atoms with van der Waals surface area (Å²) in [5.74, 6) is 0.856. The van der Waals surface area contributed by atoms with E-state index in [4.69, 9.17) is 4.52 Å². The van der Waals surface area contributed by atoms with E-state index >= 15 is 0 Å². The Labute approximate surface area is 106 Å². The fourth-order valence-corrected chi connectivity index (χ4v) is 2.54. The number of rotatable bonds is 3. The minimum absolute atomic E-state index is 0.340. The summed E-state index contributed by atoms with van der Waals surface area (Å²) >= 11 is 0. The molecule has 0 aliphatic heterocycles. The van der Waals surface area contributed by atoms with E-state index in [0.717, 1.165) is 30.8 Å². The molecule has 94 valence electrons. The van der Waals surface area contributed by atoms with Crippen molar-refractivity contribution in [2.45, 2.75) is 38.8 Å². The Hall–Kier alpha value is -1.68. The summed E-state index contributed by atoms with van der Waals surface area (Å²) in [7, 11) is 0. The smallest absolute Gasteiger partial charge is 0.133 e. The number of fused-ring (bicyclic) bond motifs is 1. The van der Waals surface area contributed by atoms with Crippen LogP contribution in [0, 0.1) is 6.92 Å². The topological polar surface area (TPSA) is 51.0 Å². The van der Waals surface area contributed by atoms with Crippen molar-refractivity contribution in [2.75, 3.05) is 0 Å². The molecule has 4 nitrogen and oxygen atoms in total. The predicted molar refractivity (Wildman–Crippen MR) is 68.0 cm³/mol. The largest absolute Gasteiger partial charge is 0.361 e. The highest BCUT2D eigenvalue weighted by Crippen LogP contribution is 2.27. The second-order valence-electron chi connectivity index (χ2n) is 4.80. The number of nitrogens with zero attached hydrogens (tertiary/aromatic N) is 2. The van der Waals surface area contributed by atoms with E-state index in [1.54, 1.807) is 0 Å². The van der Waals surface area contributed by atoms with Crippen molar-refractivity contribution in [1.82, 2.24) is 15.5 Å². The molecule has 2 aromatic rings. The van der Waals surface area contributed by atoms with Crippen LogP contribution in [0.3, 0.4) is 0 Å². The van der Waals surface area contributed by atoms with E-state index in [1.165, 1.54) is 17.7 Å². The van der Waals surface area contributed by atoms with Gasteiger partial charge in [0.1, 0.15) is 5.76 Å². The molecule has 1 N–H and O–H groups in total. The molecule has 1 aliphatic carbocycles. The highest BCUT2D eigenvalue weighted by atomic mass is 16.5. The van der Waals surface area contributed by atoms with Gasteiger partial charge in [0.15, 0.2) is 0 Å². The van der Waals surface area contributed by atoms with Crippen LogP contribution >= 0.6 is 0 Å². The van der Waals surface area contributed by atoms with Crippen LogP contribution in [0.4, 0.5) is 0 Å². The summed E-state index contributed by atoms with van der Waals surface area (Å²) < 4.78 is 5.07. The highest BCUT2D eigenvalue weighted by molar-refractivity contribution is 5.25. The molecular weight excluding hydrogens is 226 g/mol. The first-order valence-electron chi connectivity index (χ1n) is 6.42. The number of nitrogens with one attached hydrogen (secondary N) is 1. The maximum absolute atomic E-state index is 5.07. The van der Waals surface area contributed by atoms with E-state index < -0.39 is 0 Å². The van der Waals surface area contributed by atoms with Crippen LogP contribution in [0.2, 0.25) is 0 Å². The van der Waals surface area contributed by atoms with Gasteiger partial charge in [0.2, 0.25) is 0 Å². The molecule has 0 spiro atoms. The summed E-state index contributed by atoms with van der Waals surface area (Å²) in [6, 6.07) is 6.50. The minimum Gasteiger partial charge on any atom is -0.361 e. The summed E-state index contributed by atoms with van der Waals surface area (Å²) in [4.78, 5) is 4.51. The van der Waals surface area contributed by atoms with Crippen LogP contribution in [-0.2, 0) is 13.0 Å². The fourth-order valence-electron chi connectivity index (χ4n) is 2.54. The zero-order chi connectivity index (χ0) is 12.4. The monoisotopic (exact) mass is 243 g/mol. The van der Waals surface area contributed by atoms with Crippen molar-refractivity contribution in [3.63, 3.8) is 0 Å². The summed E-state index contributed by atoms with van der Waals surface area (Å²) in [5.41, 5.74) is 3.53. The summed E-state index contributed by atoms with van der Waals surface area (Å²) in [5, 5.41) is 7.52. The Bertz CT molecular complexity index is 535. The molecule has 0 saturated heterocycles. The zero-order valence-electron chi connectivity index (χ0n) is 10.5. The van der Waals surface area contributed by atoms with Crippen LogP contribution in [0.1, 0.15) is 41.6 Å². The van der Waals surface area contributed by atoms with Crippen molar-refractivity contribution in [1.29, 1.82) is 0 Å². The van der Waals surface area contributed by atoms with E-state index in [1.807, 2.05) is 25.3 Å². The molecule has 0 radical (unpaired) electrons.